The molecule has 0 N–H and O–H groups in total. The van der Waals surface area contributed by atoms with E-state index in [9.17, 15) is 17.6 Å². The van der Waals surface area contributed by atoms with Crippen LogP contribution in [0.5, 0.6) is 0 Å². The Morgan fingerprint density at radius 1 is 0.407 bits per heavy atom. The third kappa shape index (κ3) is 13.3. The minimum atomic E-state index is -0.842. The van der Waals surface area contributed by atoms with Gasteiger partial charge in [0, 0.05) is 0 Å². The quantitative estimate of drug-likeness (QED) is 0.0567. The minimum Gasteiger partial charge on any atom is -0.365 e. The third-order valence-electron chi connectivity index (χ3n) is 13.8. The van der Waals surface area contributed by atoms with E-state index in [1.54, 1.807) is 12.1 Å². The normalized spacial score (nSPS) is 20.7. The number of halogens is 4. The predicted octanol–water partition coefficient (Wildman–Crippen LogP) is 17.5. The number of hydrogen-bond donors (Lipinski definition) is 0. The first-order valence-corrected chi connectivity index (χ1v) is 23.6. The first kappa shape index (κ1) is 45.1. The first-order chi connectivity index (χ1) is 28.8. The van der Waals surface area contributed by atoms with Gasteiger partial charge in [-0.05, 0) is 107 Å². The van der Waals surface area contributed by atoms with Gasteiger partial charge in [0.25, 0.3) is 0 Å². The molecule has 2 aliphatic carbocycles. The van der Waals surface area contributed by atoms with Gasteiger partial charge in [0.2, 0.25) is 0 Å². The Morgan fingerprint density at radius 2 is 0.746 bits per heavy atom. The highest BCUT2D eigenvalue weighted by molar-refractivity contribution is 5.64. The van der Waals surface area contributed by atoms with Crippen molar-refractivity contribution in [3.8, 4) is 22.3 Å². The highest BCUT2D eigenvalue weighted by atomic mass is 19.2. The second-order valence-corrected chi connectivity index (χ2v) is 18.2. The molecule has 2 unspecified atom stereocenters. The van der Waals surface area contributed by atoms with Crippen LogP contribution in [0.15, 0.2) is 84.9 Å². The standard InChI is InChI=1S/C54H70F4O/c1-3-5-7-9-11-13-15-39-17-21-43(22-18-39)53(45-29-25-41(26-30-45)47-33-35-49(55)51(57)37-47)59-54(44-23-19-40(20-24-44)16-14-12-10-8-6-4-2)46-31-27-42(28-32-46)48-34-36-50(56)52(58)38-48/h25-40,43-44,53-54H,3-24H2,1-2H3/t39-,40-,43-,44-,53?,54?. The predicted molar refractivity (Wildman–Crippen MR) is 237 cm³/mol. The largest absolute Gasteiger partial charge is 0.365 e. The number of rotatable bonds is 22. The van der Waals surface area contributed by atoms with E-state index in [1.807, 2.05) is 24.3 Å². The highest BCUT2D eigenvalue weighted by Gasteiger charge is 2.36. The summed E-state index contributed by atoms with van der Waals surface area (Å²) in [6.07, 6.45) is 27.8. The monoisotopic (exact) mass is 811 g/mol. The van der Waals surface area contributed by atoms with Crippen LogP contribution in [0, 0.1) is 46.9 Å². The fourth-order valence-electron chi connectivity index (χ4n) is 10.1. The fourth-order valence-corrected chi connectivity index (χ4v) is 10.1. The van der Waals surface area contributed by atoms with E-state index in [2.05, 4.69) is 38.1 Å². The van der Waals surface area contributed by atoms with Crippen LogP contribution in [0.2, 0.25) is 0 Å². The van der Waals surface area contributed by atoms with Crippen molar-refractivity contribution < 1.29 is 22.3 Å². The molecule has 0 saturated heterocycles. The van der Waals surface area contributed by atoms with Crippen molar-refractivity contribution in [2.24, 2.45) is 23.7 Å². The lowest BCUT2D eigenvalue weighted by molar-refractivity contribution is -0.0907. The Morgan fingerprint density at radius 3 is 1.10 bits per heavy atom. The third-order valence-corrected chi connectivity index (χ3v) is 13.8. The summed E-state index contributed by atoms with van der Waals surface area (Å²) in [6.45, 7) is 4.55. The summed E-state index contributed by atoms with van der Waals surface area (Å²) < 4.78 is 63.7. The maximum Gasteiger partial charge on any atom is 0.159 e. The molecule has 0 heterocycles. The average molecular weight is 811 g/mol. The van der Waals surface area contributed by atoms with Gasteiger partial charge in [-0.2, -0.15) is 0 Å². The molecule has 6 rings (SSSR count). The number of hydrogen-bond acceptors (Lipinski definition) is 1. The lowest BCUT2D eigenvalue weighted by Gasteiger charge is -2.40. The molecule has 2 fully saturated rings. The Kier molecular flexibility index (Phi) is 18.0. The smallest absolute Gasteiger partial charge is 0.159 e. The van der Waals surface area contributed by atoms with Gasteiger partial charge in [0.1, 0.15) is 0 Å². The van der Waals surface area contributed by atoms with Gasteiger partial charge in [-0.25, -0.2) is 17.6 Å². The van der Waals surface area contributed by atoms with E-state index in [4.69, 9.17) is 4.74 Å². The van der Waals surface area contributed by atoms with Gasteiger partial charge < -0.3 is 4.74 Å². The second kappa shape index (κ2) is 23.5. The summed E-state index contributed by atoms with van der Waals surface area (Å²) in [4.78, 5) is 0. The zero-order chi connectivity index (χ0) is 41.4. The highest BCUT2D eigenvalue weighted by Crippen LogP contribution is 2.48. The number of unbranched alkanes of at least 4 members (excludes halogenated alkanes) is 10. The summed E-state index contributed by atoms with van der Waals surface area (Å²) in [5.74, 6) is -1.07. The van der Waals surface area contributed by atoms with E-state index in [-0.39, 0.29) is 12.2 Å². The molecule has 0 aromatic heterocycles. The second-order valence-electron chi connectivity index (χ2n) is 18.2. The zero-order valence-electron chi connectivity index (χ0n) is 36.0. The summed E-state index contributed by atoms with van der Waals surface area (Å²) in [7, 11) is 0. The van der Waals surface area contributed by atoms with Gasteiger partial charge in [-0.1, -0.05) is 190 Å². The topological polar surface area (TPSA) is 9.23 Å². The van der Waals surface area contributed by atoms with Crippen LogP contribution >= 0.6 is 0 Å². The van der Waals surface area contributed by atoms with Crippen LogP contribution in [-0.4, -0.2) is 0 Å². The molecule has 2 atom stereocenters. The minimum absolute atomic E-state index is 0.110. The lowest BCUT2D eigenvalue weighted by atomic mass is 9.74. The Labute approximate surface area is 353 Å². The molecule has 2 aliphatic rings. The summed E-state index contributed by atoms with van der Waals surface area (Å²) in [5.41, 5.74) is 5.27. The maximum atomic E-state index is 14.2. The van der Waals surface area contributed by atoms with E-state index < -0.39 is 23.3 Å². The molecule has 0 spiro atoms. The Bertz CT molecular complexity index is 1670. The van der Waals surface area contributed by atoms with Gasteiger partial charge in [-0.3, -0.25) is 0 Å². The van der Waals surface area contributed by atoms with Crippen LogP contribution in [0.3, 0.4) is 0 Å². The maximum absolute atomic E-state index is 14.2. The molecular weight excluding hydrogens is 741 g/mol. The Balaban J connectivity index is 1.23. The summed E-state index contributed by atoms with van der Waals surface area (Å²) in [6, 6.07) is 24.9. The molecule has 0 bridgehead atoms. The van der Waals surface area contributed by atoms with E-state index in [0.29, 0.717) is 23.0 Å². The molecule has 1 nitrogen and oxygen atoms in total. The van der Waals surface area contributed by atoms with E-state index in [1.165, 1.54) is 140 Å². The first-order valence-electron chi connectivity index (χ1n) is 23.6. The molecular formula is C54H70F4O. The number of benzene rings is 4. The van der Waals surface area contributed by atoms with Crippen LogP contribution in [-0.2, 0) is 4.74 Å². The summed E-state index contributed by atoms with van der Waals surface area (Å²) >= 11 is 0. The van der Waals surface area contributed by atoms with Crippen LogP contribution in [0.1, 0.15) is 178 Å². The van der Waals surface area contributed by atoms with Crippen molar-refractivity contribution >= 4 is 0 Å². The van der Waals surface area contributed by atoms with E-state index in [0.717, 1.165) is 59.8 Å². The zero-order valence-corrected chi connectivity index (χ0v) is 36.0. The average Bonchev–Trinajstić information content (AvgIpc) is 3.26. The van der Waals surface area contributed by atoms with Crippen LogP contribution in [0.25, 0.3) is 22.3 Å². The van der Waals surface area contributed by atoms with Gasteiger partial charge >= 0.3 is 0 Å². The van der Waals surface area contributed by atoms with Crippen molar-refractivity contribution in [2.45, 2.75) is 167 Å². The van der Waals surface area contributed by atoms with Crippen molar-refractivity contribution in [3.63, 3.8) is 0 Å². The van der Waals surface area contributed by atoms with Crippen LogP contribution in [0.4, 0.5) is 17.6 Å². The van der Waals surface area contributed by atoms with Crippen molar-refractivity contribution in [1.29, 1.82) is 0 Å². The SMILES string of the molecule is CCCCCCCC[C@H]1CC[C@H](C(OC(c2ccc(-c3ccc(F)c(F)c3)cc2)[C@H]2CC[C@H](CCCCCCCC)CC2)c2ccc(-c3ccc(F)c(F)c3)cc2)CC1. The van der Waals surface area contributed by atoms with Crippen molar-refractivity contribution in [2.75, 3.05) is 0 Å². The summed E-state index contributed by atoms with van der Waals surface area (Å²) in [5, 5.41) is 0. The van der Waals surface area contributed by atoms with Crippen molar-refractivity contribution in [1.82, 2.24) is 0 Å². The number of ether oxygens (including phenoxy) is 1. The van der Waals surface area contributed by atoms with Crippen LogP contribution < -0.4 is 0 Å². The molecule has 5 heteroatoms. The van der Waals surface area contributed by atoms with Gasteiger partial charge in [0.05, 0.1) is 12.2 Å². The Hall–Kier alpha value is -3.44. The molecule has 4 aromatic rings. The molecule has 2 saturated carbocycles. The molecule has 0 radical (unpaired) electrons. The van der Waals surface area contributed by atoms with Crippen molar-refractivity contribution in [3.05, 3.63) is 119 Å². The molecule has 0 amide bonds. The molecule has 0 aliphatic heterocycles. The fraction of sp³-hybridized carbons (Fsp3) is 0.556. The van der Waals surface area contributed by atoms with Gasteiger partial charge in [-0.15, -0.1) is 0 Å². The molecule has 4 aromatic carbocycles. The van der Waals surface area contributed by atoms with Gasteiger partial charge in [0.15, 0.2) is 23.3 Å². The van der Waals surface area contributed by atoms with E-state index >= 15 is 0 Å². The lowest BCUT2D eigenvalue weighted by Crippen LogP contribution is -2.28. The molecule has 320 valence electrons. The molecule has 59 heavy (non-hydrogen) atoms.